The molecule has 0 rings (SSSR count). The lowest BCUT2D eigenvalue weighted by Crippen LogP contribution is -2.36. The van der Waals surface area contributed by atoms with Crippen LogP contribution in [0.5, 0.6) is 0 Å². The van der Waals surface area contributed by atoms with Crippen LogP contribution in [0, 0.1) is 11.3 Å². The minimum absolute atomic E-state index is 0. The molecular weight excluding hydrogens is 490 g/mol. The first-order chi connectivity index (χ1) is 17.5. The third-order valence-corrected chi connectivity index (χ3v) is 8.76. The number of hydrogen-bond donors (Lipinski definition) is 1. The molecular formula is C34H72ClNO2. The van der Waals surface area contributed by atoms with E-state index in [1.54, 1.807) is 0 Å². The summed E-state index contributed by atoms with van der Waals surface area (Å²) in [6, 6.07) is 0. The number of ether oxygens (including phenoxy) is 1. The van der Waals surface area contributed by atoms with E-state index in [4.69, 9.17) is 4.74 Å². The van der Waals surface area contributed by atoms with Gasteiger partial charge in [-0.15, -0.1) is 12.4 Å². The molecule has 0 aliphatic rings. The molecule has 3 N–H and O–H groups in total. The second-order valence-corrected chi connectivity index (χ2v) is 12.0. The molecule has 0 saturated heterocycles. The maximum Gasteiger partial charge on any atom is 0.312 e. The van der Waals surface area contributed by atoms with Crippen molar-refractivity contribution >= 4 is 18.4 Å². The molecule has 0 saturated carbocycles. The van der Waals surface area contributed by atoms with E-state index in [1.165, 1.54) is 141 Å². The van der Waals surface area contributed by atoms with Crippen molar-refractivity contribution in [2.24, 2.45) is 11.3 Å². The van der Waals surface area contributed by atoms with Crippen LogP contribution in [0.15, 0.2) is 0 Å². The van der Waals surface area contributed by atoms with E-state index in [9.17, 15) is 4.79 Å². The summed E-state index contributed by atoms with van der Waals surface area (Å²) in [5, 5.41) is 0. The highest BCUT2D eigenvalue weighted by Crippen LogP contribution is 2.36. The number of unbranched alkanes of at least 4 members (excludes halogenated alkanes) is 21. The van der Waals surface area contributed by atoms with Crippen molar-refractivity contribution in [2.75, 3.05) is 6.61 Å². The summed E-state index contributed by atoms with van der Waals surface area (Å²) in [4.78, 5) is 12.9. The third-order valence-electron chi connectivity index (χ3n) is 8.76. The molecule has 2 atom stereocenters. The molecule has 3 nitrogen and oxygen atoms in total. The van der Waals surface area contributed by atoms with Crippen molar-refractivity contribution in [3.63, 3.8) is 0 Å². The number of carbonyl (C=O) groups excluding carboxylic acids is 1. The zero-order chi connectivity index (χ0) is 26.7. The fraction of sp³-hybridized carbons (Fsp3) is 0.971. The lowest BCUT2D eigenvalue weighted by molar-refractivity contribution is -0.158. The monoisotopic (exact) mass is 562 g/mol. The van der Waals surface area contributed by atoms with Gasteiger partial charge in [0.15, 0.2) is 0 Å². The van der Waals surface area contributed by atoms with Crippen molar-refractivity contribution < 1.29 is 9.53 Å². The molecule has 0 heterocycles. The summed E-state index contributed by atoms with van der Waals surface area (Å²) in [6.07, 6.45) is 33.2. The van der Waals surface area contributed by atoms with Gasteiger partial charge in [0.2, 0.25) is 0 Å². The first kappa shape index (κ1) is 42.2. The lowest BCUT2D eigenvalue weighted by atomic mass is 9.73. The summed E-state index contributed by atoms with van der Waals surface area (Å²) in [5.74, 6) is 0.444. The van der Waals surface area contributed by atoms with Gasteiger partial charge in [-0.3, -0.25) is 4.79 Å². The largest absolute Gasteiger partial charge is 0.465 e. The third kappa shape index (κ3) is 23.6. The first-order valence-electron chi connectivity index (χ1n) is 16.7. The Morgan fingerprint density at radius 1 is 0.579 bits per heavy atom. The summed E-state index contributed by atoms with van der Waals surface area (Å²) >= 11 is 0. The molecule has 0 aromatic carbocycles. The molecule has 0 aromatic rings. The van der Waals surface area contributed by atoms with E-state index >= 15 is 0 Å². The van der Waals surface area contributed by atoms with Gasteiger partial charge >= 0.3 is 5.97 Å². The van der Waals surface area contributed by atoms with Crippen LogP contribution in [-0.2, 0) is 9.53 Å². The fourth-order valence-electron chi connectivity index (χ4n) is 5.40. The molecule has 0 aromatic heterocycles. The molecule has 0 aliphatic heterocycles. The van der Waals surface area contributed by atoms with Crippen LogP contribution < -0.4 is 6.15 Å². The van der Waals surface area contributed by atoms with Crippen LogP contribution in [0.1, 0.15) is 195 Å². The van der Waals surface area contributed by atoms with Crippen LogP contribution >= 0.6 is 12.4 Å². The van der Waals surface area contributed by atoms with E-state index < -0.39 is 0 Å². The predicted octanol–water partition coefficient (Wildman–Crippen LogP) is 12.6. The van der Waals surface area contributed by atoms with Crippen LogP contribution in [0.25, 0.3) is 0 Å². The Kier molecular flexibility index (Phi) is 34.7. The standard InChI is InChI=1S/C34H68O2.ClH.H3N/c1-6-9-11-13-15-17-19-21-23-25-27-29-31-36-33(35)34(5,8-3)32(4)30-28-26-24-22-20-18-16-14-12-10-7-2;;/h32H,6-31H2,1-5H3;1H;1H3. The molecule has 2 unspecified atom stereocenters. The van der Waals surface area contributed by atoms with E-state index in [0.717, 1.165) is 19.3 Å². The smallest absolute Gasteiger partial charge is 0.312 e. The number of esters is 1. The van der Waals surface area contributed by atoms with Crippen molar-refractivity contribution in [1.82, 2.24) is 6.15 Å². The van der Waals surface area contributed by atoms with Gasteiger partial charge in [0.25, 0.3) is 0 Å². The highest BCUT2D eigenvalue weighted by Gasteiger charge is 2.38. The molecule has 0 fully saturated rings. The van der Waals surface area contributed by atoms with Crippen LogP contribution in [0.4, 0.5) is 0 Å². The minimum atomic E-state index is -0.324. The number of hydrogen-bond acceptors (Lipinski definition) is 3. The SMILES string of the molecule is CCCCCCCCCCCCCCOC(=O)C(C)(CC)C(C)CCCCCCCCCCCCC.Cl.N. The van der Waals surface area contributed by atoms with E-state index in [-0.39, 0.29) is 29.9 Å². The Balaban J connectivity index is -0.00000612. The van der Waals surface area contributed by atoms with Crippen molar-refractivity contribution in [2.45, 2.75) is 195 Å². The fourth-order valence-corrected chi connectivity index (χ4v) is 5.40. The molecule has 0 bridgehead atoms. The quantitative estimate of drug-likeness (QED) is 0.0762. The highest BCUT2D eigenvalue weighted by atomic mass is 35.5. The van der Waals surface area contributed by atoms with E-state index in [1.807, 2.05) is 0 Å². The number of halogens is 1. The number of carbonyl (C=O) groups is 1. The van der Waals surface area contributed by atoms with Gasteiger partial charge in [0.05, 0.1) is 12.0 Å². The van der Waals surface area contributed by atoms with Crippen LogP contribution in [0.3, 0.4) is 0 Å². The average Bonchev–Trinajstić information content (AvgIpc) is 2.89. The Morgan fingerprint density at radius 3 is 1.24 bits per heavy atom. The molecule has 4 heteroatoms. The molecule has 0 amide bonds. The maximum atomic E-state index is 12.9. The van der Waals surface area contributed by atoms with Gasteiger partial charge in [-0.05, 0) is 32.1 Å². The molecule has 0 radical (unpaired) electrons. The minimum Gasteiger partial charge on any atom is -0.465 e. The summed E-state index contributed by atoms with van der Waals surface area (Å²) < 4.78 is 5.78. The number of rotatable bonds is 28. The Bertz CT molecular complexity index is 473. The lowest BCUT2D eigenvalue weighted by Gasteiger charge is -2.32. The topological polar surface area (TPSA) is 61.3 Å². The van der Waals surface area contributed by atoms with Gasteiger partial charge in [-0.2, -0.15) is 0 Å². The predicted molar refractivity (Wildman–Crippen MR) is 173 cm³/mol. The maximum absolute atomic E-state index is 12.9. The summed E-state index contributed by atoms with van der Waals surface area (Å²) in [5.41, 5.74) is -0.324. The van der Waals surface area contributed by atoms with Gasteiger partial charge in [0.1, 0.15) is 0 Å². The van der Waals surface area contributed by atoms with Crippen molar-refractivity contribution in [3.8, 4) is 0 Å². The average molecular weight is 562 g/mol. The molecule has 232 valence electrons. The van der Waals surface area contributed by atoms with E-state index in [2.05, 4.69) is 34.6 Å². The van der Waals surface area contributed by atoms with Gasteiger partial charge in [0, 0.05) is 0 Å². The molecule has 38 heavy (non-hydrogen) atoms. The Morgan fingerprint density at radius 2 is 0.895 bits per heavy atom. The van der Waals surface area contributed by atoms with Gasteiger partial charge in [-0.1, -0.05) is 169 Å². The molecule has 0 aliphatic carbocycles. The zero-order valence-corrected chi connectivity index (χ0v) is 27.7. The summed E-state index contributed by atoms with van der Waals surface area (Å²) in [6.45, 7) is 11.7. The van der Waals surface area contributed by atoms with Crippen molar-refractivity contribution in [1.29, 1.82) is 0 Å². The zero-order valence-electron chi connectivity index (χ0n) is 26.9. The van der Waals surface area contributed by atoms with Gasteiger partial charge in [-0.25, -0.2) is 0 Å². The Labute approximate surface area is 246 Å². The highest BCUT2D eigenvalue weighted by molar-refractivity contribution is 5.85. The summed E-state index contributed by atoms with van der Waals surface area (Å²) in [7, 11) is 0. The van der Waals surface area contributed by atoms with Gasteiger partial charge < -0.3 is 10.9 Å². The second kappa shape index (κ2) is 31.3. The van der Waals surface area contributed by atoms with Crippen molar-refractivity contribution in [3.05, 3.63) is 0 Å². The first-order valence-corrected chi connectivity index (χ1v) is 16.7. The van der Waals surface area contributed by atoms with Crippen LogP contribution in [0.2, 0.25) is 0 Å². The van der Waals surface area contributed by atoms with E-state index in [0.29, 0.717) is 12.5 Å². The Hall–Kier alpha value is -0.280. The normalized spacial score (nSPS) is 13.3. The second-order valence-electron chi connectivity index (χ2n) is 12.0. The van der Waals surface area contributed by atoms with Crippen LogP contribution in [-0.4, -0.2) is 12.6 Å². The molecule has 0 spiro atoms.